The lowest BCUT2D eigenvalue weighted by atomic mass is 10.0. The summed E-state index contributed by atoms with van der Waals surface area (Å²) in [6, 6.07) is 25.0. The zero-order valence-electron chi connectivity index (χ0n) is 22.6. The van der Waals surface area contributed by atoms with Crippen LogP contribution in [0.3, 0.4) is 0 Å². The summed E-state index contributed by atoms with van der Waals surface area (Å²) < 4.78 is 6.06. The second-order valence-electron chi connectivity index (χ2n) is 9.78. The van der Waals surface area contributed by atoms with Gasteiger partial charge < -0.3 is 15.0 Å². The summed E-state index contributed by atoms with van der Waals surface area (Å²) in [6.45, 7) is 9.11. The molecule has 0 aliphatic rings. The van der Waals surface area contributed by atoms with Gasteiger partial charge in [-0.05, 0) is 47.6 Å². The van der Waals surface area contributed by atoms with Crippen molar-refractivity contribution in [3.63, 3.8) is 0 Å². The molecule has 0 aromatic heterocycles. The van der Waals surface area contributed by atoms with Crippen molar-refractivity contribution >= 4 is 11.8 Å². The third-order valence-electron chi connectivity index (χ3n) is 6.59. The molecular formula is C32H40N2O3. The van der Waals surface area contributed by atoms with Crippen molar-refractivity contribution in [1.29, 1.82) is 0 Å². The van der Waals surface area contributed by atoms with Crippen molar-refractivity contribution in [1.82, 2.24) is 10.2 Å². The number of ether oxygens (including phenoxy) is 1. The molecule has 37 heavy (non-hydrogen) atoms. The Balaban J connectivity index is 1.92. The van der Waals surface area contributed by atoms with Gasteiger partial charge in [-0.3, -0.25) is 9.59 Å². The molecule has 0 heterocycles. The number of carbonyl (C=O) groups is 2. The Kier molecular flexibility index (Phi) is 10.8. The molecule has 3 aromatic rings. The second-order valence-corrected chi connectivity index (χ2v) is 9.78. The standard InChI is InChI=1S/C32H40N2O3/c1-5-6-20-33-32(36)29(21-26-15-8-7-9-16-26)34(22-27-17-11-10-14-25(27)4)31(35)23-37-30-19-13-12-18-28(30)24(2)3/h7-19,24,29H,5-6,20-23H2,1-4H3,(H,33,36). The van der Waals surface area contributed by atoms with Crippen LogP contribution in [0, 0.1) is 6.92 Å². The Morgan fingerprint density at radius 1 is 0.919 bits per heavy atom. The molecule has 196 valence electrons. The van der Waals surface area contributed by atoms with E-state index in [9.17, 15) is 9.59 Å². The Bertz CT molecular complexity index is 1140. The number of aryl methyl sites for hydroxylation is 1. The quantitative estimate of drug-likeness (QED) is 0.291. The lowest BCUT2D eigenvalue weighted by Gasteiger charge is -2.32. The largest absolute Gasteiger partial charge is 0.483 e. The van der Waals surface area contributed by atoms with Gasteiger partial charge in [0.2, 0.25) is 5.91 Å². The molecule has 1 atom stereocenters. The maximum absolute atomic E-state index is 13.8. The predicted octanol–water partition coefficient (Wildman–Crippen LogP) is 6.05. The molecule has 3 rings (SSSR count). The zero-order valence-corrected chi connectivity index (χ0v) is 22.6. The predicted molar refractivity (Wildman–Crippen MR) is 150 cm³/mol. The smallest absolute Gasteiger partial charge is 0.261 e. The van der Waals surface area contributed by atoms with Crippen molar-refractivity contribution in [3.05, 3.63) is 101 Å². The van der Waals surface area contributed by atoms with E-state index in [0.29, 0.717) is 25.3 Å². The number of hydrogen-bond donors (Lipinski definition) is 1. The van der Waals surface area contributed by atoms with E-state index in [2.05, 4.69) is 26.1 Å². The van der Waals surface area contributed by atoms with E-state index in [-0.39, 0.29) is 24.3 Å². The summed E-state index contributed by atoms with van der Waals surface area (Å²) >= 11 is 0. The van der Waals surface area contributed by atoms with E-state index in [4.69, 9.17) is 4.74 Å². The van der Waals surface area contributed by atoms with Crippen LogP contribution in [-0.2, 0) is 22.6 Å². The van der Waals surface area contributed by atoms with Gasteiger partial charge in [0.25, 0.3) is 5.91 Å². The Hall–Kier alpha value is -3.60. The molecule has 0 saturated carbocycles. The first-order chi connectivity index (χ1) is 17.9. The molecule has 0 radical (unpaired) electrons. The van der Waals surface area contributed by atoms with Gasteiger partial charge in [-0.15, -0.1) is 0 Å². The van der Waals surface area contributed by atoms with Gasteiger partial charge in [-0.1, -0.05) is 100.0 Å². The second kappa shape index (κ2) is 14.2. The normalized spacial score (nSPS) is 11.7. The molecule has 1 N–H and O–H groups in total. The number of benzene rings is 3. The van der Waals surface area contributed by atoms with E-state index < -0.39 is 6.04 Å². The van der Waals surface area contributed by atoms with Crippen LogP contribution >= 0.6 is 0 Å². The lowest BCUT2D eigenvalue weighted by molar-refractivity contribution is -0.142. The topological polar surface area (TPSA) is 58.6 Å². The number of nitrogens with zero attached hydrogens (tertiary/aromatic N) is 1. The number of nitrogens with one attached hydrogen (secondary N) is 1. The molecule has 5 nitrogen and oxygen atoms in total. The highest BCUT2D eigenvalue weighted by molar-refractivity contribution is 5.88. The minimum Gasteiger partial charge on any atom is -0.483 e. The maximum Gasteiger partial charge on any atom is 0.261 e. The van der Waals surface area contributed by atoms with Gasteiger partial charge in [0.15, 0.2) is 6.61 Å². The summed E-state index contributed by atoms with van der Waals surface area (Å²) in [6.07, 6.45) is 2.31. The van der Waals surface area contributed by atoms with Crippen LogP contribution < -0.4 is 10.1 Å². The highest BCUT2D eigenvalue weighted by Gasteiger charge is 2.31. The number of carbonyl (C=O) groups excluding carboxylic acids is 2. The van der Waals surface area contributed by atoms with Crippen LogP contribution in [0.15, 0.2) is 78.9 Å². The number of unbranched alkanes of at least 4 members (excludes halogenated alkanes) is 1. The van der Waals surface area contributed by atoms with Crippen LogP contribution in [-0.4, -0.2) is 35.9 Å². The van der Waals surface area contributed by atoms with Crippen molar-refractivity contribution in [2.75, 3.05) is 13.2 Å². The summed E-state index contributed by atoms with van der Waals surface area (Å²) in [5.41, 5.74) is 4.15. The fraction of sp³-hybridized carbons (Fsp3) is 0.375. The van der Waals surface area contributed by atoms with E-state index in [1.54, 1.807) is 4.90 Å². The van der Waals surface area contributed by atoms with E-state index in [0.717, 1.165) is 35.1 Å². The SMILES string of the molecule is CCCCNC(=O)C(Cc1ccccc1)N(Cc1ccccc1C)C(=O)COc1ccccc1C(C)C. The van der Waals surface area contributed by atoms with Crippen LogP contribution in [0.25, 0.3) is 0 Å². The van der Waals surface area contributed by atoms with Gasteiger partial charge in [-0.25, -0.2) is 0 Å². The molecule has 0 spiro atoms. The number of amides is 2. The van der Waals surface area contributed by atoms with Gasteiger partial charge in [-0.2, -0.15) is 0 Å². The number of hydrogen-bond acceptors (Lipinski definition) is 3. The minimum atomic E-state index is -0.657. The van der Waals surface area contributed by atoms with Crippen LogP contribution in [0.5, 0.6) is 5.75 Å². The molecule has 3 aromatic carbocycles. The molecule has 0 bridgehead atoms. The van der Waals surface area contributed by atoms with Crippen LogP contribution in [0.4, 0.5) is 0 Å². The molecule has 0 aliphatic carbocycles. The molecule has 2 amide bonds. The van der Waals surface area contributed by atoms with Gasteiger partial charge in [0, 0.05) is 19.5 Å². The van der Waals surface area contributed by atoms with Crippen molar-refractivity contribution in [2.45, 2.75) is 65.5 Å². The molecule has 1 unspecified atom stereocenters. The van der Waals surface area contributed by atoms with Gasteiger partial charge in [0.1, 0.15) is 11.8 Å². The Morgan fingerprint density at radius 2 is 1.59 bits per heavy atom. The van der Waals surface area contributed by atoms with Crippen LogP contribution in [0.2, 0.25) is 0 Å². The number of para-hydroxylation sites is 1. The maximum atomic E-state index is 13.8. The first-order valence-corrected chi connectivity index (χ1v) is 13.3. The van der Waals surface area contributed by atoms with Crippen molar-refractivity contribution in [2.24, 2.45) is 0 Å². The molecule has 0 fully saturated rings. The number of rotatable bonds is 13. The van der Waals surface area contributed by atoms with Gasteiger partial charge >= 0.3 is 0 Å². The summed E-state index contributed by atoms with van der Waals surface area (Å²) in [5.74, 6) is 0.619. The third-order valence-corrected chi connectivity index (χ3v) is 6.59. The highest BCUT2D eigenvalue weighted by atomic mass is 16.5. The Morgan fingerprint density at radius 3 is 2.30 bits per heavy atom. The minimum absolute atomic E-state index is 0.136. The fourth-order valence-corrected chi connectivity index (χ4v) is 4.34. The average molecular weight is 501 g/mol. The monoisotopic (exact) mass is 500 g/mol. The molecular weight excluding hydrogens is 460 g/mol. The lowest BCUT2D eigenvalue weighted by Crippen LogP contribution is -2.52. The van der Waals surface area contributed by atoms with E-state index >= 15 is 0 Å². The average Bonchev–Trinajstić information content (AvgIpc) is 2.91. The first-order valence-electron chi connectivity index (χ1n) is 13.3. The molecule has 5 heteroatoms. The first kappa shape index (κ1) is 28.0. The van der Waals surface area contributed by atoms with Gasteiger partial charge in [0.05, 0.1) is 0 Å². The van der Waals surface area contributed by atoms with Crippen molar-refractivity contribution in [3.8, 4) is 5.75 Å². The third kappa shape index (κ3) is 8.21. The summed E-state index contributed by atoms with van der Waals surface area (Å²) in [5, 5.41) is 3.06. The highest BCUT2D eigenvalue weighted by Crippen LogP contribution is 2.26. The zero-order chi connectivity index (χ0) is 26.6. The molecule has 0 saturated heterocycles. The van der Waals surface area contributed by atoms with Crippen molar-refractivity contribution < 1.29 is 14.3 Å². The van der Waals surface area contributed by atoms with E-state index in [1.807, 2.05) is 85.8 Å². The summed E-state index contributed by atoms with van der Waals surface area (Å²) in [7, 11) is 0. The molecule has 0 aliphatic heterocycles. The Labute approximate surface area is 221 Å². The summed E-state index contributed by atoms with van der Waals surface area (Å²) in [4.78, 5) is 29.0. The van der Waals surface area contributed by atoms with E-state index in [1.165, 1.54) is 0 Å². The van der Waals surface area contributed by atoms with Crippen LogP contribution in [0.1, 0.15) is 61.8 Å². The fourth-order valence-electron chi connectivity index (χ4n) is 4.34.